The van der Waals surface area contributed by atoms with Gasteiger partial charge in [-0.3, -0.25) is 0 Å². The van der Waals surface area contributed by atoms with Crippen LogP contribution in [0.3, 0.4) is 0 Å². The van der Waals surface area contributed by atoms with Gasteiger partial charge in [0.05, 0.1) is 5.56 Å². The summed E-state index contributed by atoms with van der Waals surface area (Å²) < 4.78 is 13.5. The van der Waals surface area contributed by atoms with Crippen LogP contribution in [-0.2, 0) is 4.79 Å². The Kier molecular flexibility index (Phi) is 3.44. The number of hydrogen-bond acceptors (Lipinski definition) is 3. The quantitative estimate of drug-likeness (QED) is 0.813. The maximum absolute atomic E-state index is 13.5. The number of carboxylic acid groups (broad SMARTS) is 1. The summed E-state index contributed by atoms with van der Waals surface area (Å²) >= 11 is 0. The number of hydrogen-bond donors (Lipinski definition) is 1. The van der Waals surface area contributed by atoms with Gasteiger partial charge in [-0.2, -0.15) is 0 Å². The number of piperidine rings is 1. The van der Waals surface area contributed by atoms with Crippen molar-refractivity contribution in [1.29, 1.82) is 0 Å². The smallest absolute Gasteiger partial charge is 0.338 e. The van der Waals surface area contributed by atoms with Gasteiger partial charge in [-0.25, -0.2) is 14.0 Å². The van der Waals surface area contributed by atoms with Crippen molar-refractivity contribution in [2.45, 2.75) is 12.8 Å². The van der Waals surface area contributed by atoms with E-state index >= 15 is 0 Å². The molecule has 94 valence electrons. The van der Waals surface area contributed by atoms with E-state index in [1.54, 1.807) is 6.07 Å². The third-order valence-corrected chi connectivity index (χ3v) is 3.06. The summed E-state index contributed by atoms with van der Waals surface area (Å²) in [6.07, 6.45) is 1.23. The molecule has 1 aromatic rings. The van der Waals surface area contributed by atoms with Gasteiger partial charge in [0.2, 0.25) is 0 Å². The molecule has 1 fully saturated rings. The Balaban J connectivity index is 2.18. The van der Waals surface area contributed by atoms with Crippen molar-refractivity contribution in [1.82, 2.24) is 0 Å². The fraction of sp³-hybridized carbons (Fsp3) is 0.308. The molecule has 0 unspecified atom stereocenters. The first-order valence-corrected chi connectivity index (χ1v) is 5.62. The zero-order chi connectivity index (χ0) is 13.1. The van der Waals surface area contributed by atoms with Crippen molar-refractivity contribution in [3.8, 4) is 0 Å². The number of anilines is 1. The molecule has 0 aliphatic carbocycles. The number of benzene rings is 1. The number of carbonyl (C=O) groups is 1. The molecule has 5 heteroatoms. The van der Waals surface area contributed by atoms with Crippen molar-refractivity contribution in [3.63, 3.8) is 0 Å². The predicted molar refractivity (Wildman–Crippen MR) is 64.0 cm³/mol. The molecule has 4 nitrogen and oxygen atoms in total. The van der Waals surface area contributed by atoms with E-state index in [0.717, 1.165) is 5.57 Å². The number of halogens is 1. The number of carboxylic acids is 1. The minimum absolute atomic E-state index is 0.329. The van der Waals surface area contributed by atoms with E-state index in [1.165, 1.54) is 12.1 Å². The van der Waals surface area contributed by atoms with Gasteiger partial charge in [0.1, 0.15) is 11.8 Å². The number of nitrogens with zero attached hydrogens (tertiary/aromatic N) is 1. The maximum Gasteiger partial charge on any atom is 0.338 e. The normalized spacial score (nSPS) is 15.4. The van der Waals surface area contributed by atoms with E-state index in [0.29, 0.717) is 31.6 Å². The summed E-state index contributed by atoms with van der Waals surface area (Å²) in [5.41, 5.74) is 1.06. The molecule has 1 aromatic carbocycles. The van der Waals surface area contributed by atoms with Crippen LogP contribution in [0.2, 0.25) is 0 Å². The highest BCUT2D eigenvalue weighted by Crippen LogP contribution is 2.23. The third-order valence-electron chi connectivity index (χ3n) is 3.06. The van der Waals surface area contributed by atoms with Crippen molar-refractivity contribution in [2.75, 3.05) is 18.0 Å². The Hall–Kier alpha value is -2.13. The molecule has 1 saturated heterocycles. The fourth-order valence-corrected chi connectivity index (χ4v) is 2.01. The molecule has 0 atom stereocenters. The molecule has 0 saturated carbocycles. The molecule has 1 aliphatic heterocycles. The average molecular weight is 249 g/mol. The van der Waals surface area contributed by atoms with Crippen LogP contribution in [0.25, 0.3) is 0 Å². The molecule has 0 spiro atoms. The monoisotopic (exact) mass is 249 g/mol. The Morgan fingerprint density at radius 3 is 2.50 bits per heavy atom. The van der Waals surface area contributed by atoms with E-state index in [2.05, 4.69) is 0 Å². The molecule has 0 bridgehead atoms. The molecule has 18 heavy (non-hydrogen) atoms. The molecular formula is C13H12FNO3. The zero-order valence-corrected chi connectivity index (χ0v) is 9.65. The molecule has 1 heterocycles. The number of rotatable bonds is 2. The molecule has 1 N–H and O–H groups in total. The van der Waals surface area contributed by atoms with E-state index in [4.69, 9.17) is 5.11 Å². The van der Waals surface area contributed by atoms with E-state index in [-0.39, 0.29) is 5.56 Å². The Bertz CT molecular complexity index is 525. The molecule has 2 rings (SSSR count). The third kappa shape index (κ3) is 2.41. The van der Waals surface area contributed by atoms with E-state index < -0.39 is 11.8 Å². The lowest BCUT2D eigenvalue weighted by Gasteiger charge is -2.29. The summed E-state index contributed by atoms with van der Waals surface area (Å²) in [5, 5.41) is 8.73. The number of carbonyl (C=O) groups excluding carboxylic acids is 1. The lowest BCUT2D eigenvalue weighted by Crippen LogP contribution is -2.30. The van der Waals surface area contributed by atoms with Crippen LogP contribution in [0.15, 0.2) is 23.8 Å². The first kappa shape index (κ1) is 12.3. The zero-order valence-electron chi connectivity index (χ0n) is 9.65. The highest BCUT2D eigenvalue weighted by atomic mass is 19.1. The first-order chi connectivity index (χ1) is 8.61. The summed E-state index contributed by atoms with van der Waals surface area (Å²) in [7, 11) is 0. The van der Waals surface area contributed by atoms with Gasteiger partial charge in [0.25, 0.3) is 0 Å². The van der Waals surface area contributed by atoms with Crippen LogP contribution in [0.5, 0.6) is 0 Å². The van der Waals surface area contributed by atoms with Crippen molar-refractivity contribution in [3.05, 3.63) is 35.2 Å². The number of aromatic carboxylic acids is 1. The second-order valence-corrected chi connectivity index (χ2v) is 4.16. The van der Waals surface area contributed by atoms with Gasteiger partial charge in [-0.15, -0.1) is 0 Å². The fourth-order valence-electron chi connectivity index (χ4n) is 2.01. The molecule has 0 amide bonds. The topological polar surface area (TPSA) is 57.6 Å². The van der Waals surface area contributed by atoms with Gasteiger partial charge < -0.3 is 10.0 Å². The second-order valence-electron chi connectivity index (χ2n) is 4.16. The van der Waals surface area contributed by atoms with E-state index in [1.807, 2.05) is 10.8 Å². The van der Waals surface area contributed by atoms with Crippen LogP contribution in [-0.4, -0.2) is 30.1 Å². The van der Waals surface area contributed by atoms with Gasteiger partial charge in [-0.1, -0.05) is 0 Å². The van der Waals surface area contributed by atoms with Gasteiger partial charge in [0, 0.05) is 24.4 Å². The summed E-state index contributed by atoms with van der Waals surface area (Å²) in [5.74, 6) is -0.114. The van der Waals surface area contributed by atoms with Crippen LogP contribution in [0, 0.1) is 5.82 Å². The molecule has 0 radical (unpaired) electrons. The van der Waals surface area contributed by atoms with Crippen LogP contribution < -0.4 is 4.90 Å². The SMILES string of the molecule is O=C=C1CCN(c2ccc(C(=O)O)c(F)c2)CC1. The molecular weight excluding hydrogens is 237 g/mol. The van der Waals surface area contributed by atoms with Gasteiger partial charge in [-0.05, 0) is 31.0 Å². The minimum atomic E-state index is -1.27. The van der Waals surface area contributed by atoms with E-state index in [9.17, 15) is 14.0 Å². The highest BCUT2D eigenvalue weighted by Gasteiger charge is 2.17. The summed E-state index contributed by atoms with van der Waals surface area (Å²) in [6.45, 7) is 1.24. The van der Waals surface area contributed by atoms with Crippen LogP contribution in [0.4, 0.5) is 10.1 Å². The van der Waals surface area contributed by atoms with Crippen molar-refractivity contribution < 1.29 is 19.1 Å². The van der Waals surface area contributed by atoms with Gasteiger partial charge in [0.15, 0.2) is 0 Å². The maximum atomic E-state index is 13.5. The lowest BCUT2D eigenvalue weighted by molar-refractivity contribution is 0.0692. The van der Waals surface area contributed by atoms with Gasteiger partial charge >= 0.3 is 5.97 Å². The Morgan fingerprint density at radius 1 is 1.33 bits per heavy atom. The highest BCUT2D eigenvalue weighted by molar-refractivity contribution is 5.88. The first-order valence-electron chi connectivity index (χ1n) is 5.62. The van der Waals surface area contributed by atoms with Crippen molar-refractivity contribution >= 4 is 17.6 Å². The molecule has 1 aliphatic rings. The summed E-state index contributed by atoms with van der Waals surface area (Å²) in [6, 6.07) is 4.07. The minimum Gasteiger partial charge on any atom is -0.478 e. The predicted octanol–water partition coefficient (Wildman–Crippen LogP) is 1.88. The average Bonchev–Trinajstić information content (AvgIpc) is 2.38. The molecule has 0 aromatic heterocycles. The Morgan fingerprint density at radius 2 is 2.00 bits per heavy atom. The standard InChI is InChI=1S/C13H12FNO3/c14-12-7-10(1-2-11(12)13(17)18)15-5-3-9(8-16)4-6-15/h1-2,7H,3-6H2,(H,17,18). The van der Waals surface area contributed by atoms with Crippen LogP contribution >= 0.6 is 0 Å². The Labute approximate surface area is 103 Å². The van der Waals surface area contributed by atoms with Crippen molar-refractivity contribution in [2.24, 2.45) is 0 Å². The van der Waals surface area contributed by atoms with Crippen LogP contribution in [0.1, 0.15) is 23.2 Å². The lowest BCUT2D eigenvalue weighted by atomic mass is 10.0. The second kappa shape index (κ2) is 5.02. The largest absolute Gasteiger partial charge is 0.478 e. The summed E-state index contributed by atoms with van der Waals surface area (Å²) in [4.78, 5) is 23.1.